The fourth-order valence-electron chi connectivity index (χ4n) is 2.13. The Labute approximate surface area is 125 Å². The van der Waals surface area contributed by atoms with Crippen LogP contribution in [0.2, 0.25) is 0 Å². The molecule has 0 spiro atoms. The number of aromatic nitrogens is 2. The Kier molecular flexibility index (Phi) is 5.93. The maximum atomic E-state index is 12.0. The Morgan fingerprint density at radius 2 is 2.00 bits per heavy atom. The molecule has 6 heteroatoms. The van der Waals surface area contributed by atoms with E-state index in [0.29, 0.717) is 19.4 Å². The molecule has 1 aromatic rings. The number of aliphatic carboxylic acids is 1. The van der Waals surface area contributed by atoms with Gasteiger partial charge in [-0.15, -0.1) is 0 Å². The zero-order valence-corrected chi connectivity index (χ0v) is 13.3. The standard InChI is InChI=1S/C15H25N3O3/c1-5-17(6-2)12-10-13(19)18(16-11-12)9-7-8-15(3,4)14(20)21/h10-11H,5-9H2,1-4H3,(H,20,21). The topological polar surface area (TPSA) is 75.4 Å². The summed E-state index contributed by atoms with van der Waals surface area (Å²) in [5.74, 6) is -0.820. The van der Waals surface area contributed by atoms with Crippen molar-refractivity contribution in [1.29, 1.82) is 0 Å². The van der Waals surface area contributed by atoms with Gasteiger partial charge in [0.2, 0.25) is 0 Å². The van der Waals surface area contributed by atoms with Gasteiger partial charge >= 0.3 is 5.97 Å². The van der Waals surface area contributed by atoms with Crippen molar-refractivity contribution < 1.29 is 9.90 Å². The lowest BCUT2D eigenvalue weighted by Gasteiger charge is -2.21. The van der Waals surface area contributed by atoms with E-state index < -0.39 is 11.4 Å². The molecule has 0 aromatic carbocycles. The van der Waals surface area contributed by atoms with Crippen molar-refractivity contribution in [3.8, 4) is 0 Å². The SMILES string of the molecule is CCN(CC)c1cnn(CCCC(C)(C)C(=O)O)c(=O)c1. The molecule has 0 radical (unpaired) electrons. The van der Waals surface area contributed by atoms with E-state index in [1.165, 1.54) is 4.68 Å². The maximum Gasteiger partial charge on any atom is 0.309 e. The summed E-state index contributed by atoms with van der Waals surface area (Å²) in [6, 6.07) is 1.59. The van der Waals surface area contributed by atoms with Crippen LogP contribution in [0.4, 0.5) is 5.69 Å². The number of hydrogen-bond acceptors (Lipinski definition) is 4. The Morgan fingerprint density at radius 1 is 1.38 bits per heavy atom. The largest absolute Gasteiger partial charge is 0.481 e. The minimum absolute atomic E-state index is 0.146. The minimum Gasteiger partial charge on any atom is -0.481 e. The second kappa shape index (κ2) is 7.24. The molecule has 21 heavy (non-hydrogen) atoms. The highest BCUT2D eigenvalue weighted by atomic mass is 16.4. The Bertz CT molecular complexity index is 533. The molecule has 0 bridgehead atoms. The second-order valence-corrected chi connectivity index (χ2v) is 5.74. The second-order valence-electron chi connectivity index (χ2n) is 5.74. The number of carboxylic acids is 1. The molecule has 118 valence electrons. The first-order chi connectivity index (χ1) is 9.81. The minimum atomic E-state index is -0.820. The van der Waals surface area contributed by atoms with Crippen LogP contribution in [0.5, 0.6) is 0 Å². The fourth-order valence-corrected chi connectivity index (χ4v) is 2.13. The predicted octanol–water partition coefficient (Wildman–Crippen LogP) is 1.98. The zero-order valence-electron chi connectivity index (χ0n) is 13.3. The van der Waals surface area contributed by atoms with Gasteiger partial charge in [0.05, 0.1) is 17.3 Å². The van der Waals surface area contributed by atoms with Crippen LogP contribution in [-0.4, -0.2) is 33.9 Å². The average Bonchev–Trinajstić information content (AvgIpc) is 2.42. The molecule has 0 atom stereocenters. The highest BCUT2D eigenvalue weighted by molar-refractivity contribution is 5.73. The molecule has 0 aliphatic heterocycles. The fraction of sp³-hybridized carbons (Fsp3) is 0.667. The van der Waals surface area contributed by atoms with Crippen molar-refractivity contribution in [3.63, 3.8) is 0 Å². The van der Waals surface area contributed by atoms with E-state index >= 15 is 0 Å². The monoisotopic (exact) mass is 295 g/mol. The van der Waals surface area contributed by atoms with Gasteiger partial charge in [-0.2, -0.15) is 5.10 Å². The van der Waals surface area contributed by atoms with Crippen molar-refractivity contribution >= 4 is 11.7 Å². The normalized spacial score (nSPS) is 11.4. The molecular weight excluding hydrogens is 270 g/mol. The lowest BCUT2D eigenvalue weighted by Crippen LogP contribution is -2.29. The first-order valence-corrected chi connectivity index (χ1v) is 7.37. The number of rotatable bonds is 8. The van der Waals surface area contributed by atoms with Gasteiger partial charge in [-0.05, 0) is 40.5 Å². The third-order valence-electron chi connectivity index (χ3n) is 3.73. The van der Waals surface area contributed by atoms with Gasteiger partial charge in [0, 0.05) is 25.7 Å². The number of carbonyl (C=O) groups is 1. The third-order valence-corrected chi connectivity index (χ3v) is 3.73. The number of nitrogens with zero attached hydrogens (tertiary/aromatic N) is 3. The predicted molar refractivity (Wildman–Crippen MR) is 82.7 cm³/mol. The summed E-state index contributed by atoms with van der Waals surface area (Å²) in [4.78, 5) is 25.1. The van der Waals surface area contributed by atoms with E-state index in [2.05, 4.69) is 10.00 Å². The molecule has 1 N–H and O–H groups in total. The molecule has 6 nitrogen and oxygen atoms in total. The van der Waals surface area contributed by atoms with Crippen LogP contribution >= 0.6 is 0 Å². The van der Waals surface area contributed by atoms with Crippen molar-refractivity contribution in [2.24, 2.45) is 5.41 Å². The van der Waals surface area contributed by atoms with Gasteiger partial charge in [0.15, 0.2) is 0 Å². The van der Waals surface area contributed by atoms with E-state index in [1.54, 1.807) is 26.1 Å². The van der Waals surface area contributed by atoms with Gasteiger partial charge in [-0.3, -0.25) is 9.59 Å². The maximum absolute atomic E-state index is 12.0. The van der Waals surface area contributed by atoms with E-state index in [0.717, 1.165) is 18.8 Å². The van der Waals surface area contributed by atoms with Crippen LogP contribution in [0, 0.1) is 5.41 Å². The summed E-state index contributed by atoms with van der Waals surface area (Å²) < 4.78 is 1.39. The first kappa shape index (κ1) is 17.2. The Balaban J connectivity index is 2.70. The molecule has 0 saturated heterocycles. The van der Waals surface area contributed by atoms with Crippen molar-refractivity contribution in [1.82, 2.24) is 9.78 Å². The summed E-state index contributed by atoms with van der Waals surface area (Å²) in [5.41, 5.74) is -0.0928. The number of carboxylic acid groups (broad SMARTS) is 1. The molecule has 1 aromatic heterocycles. The third kappa shape index (κ3) is 4.58. The molecule has 0 unspecified atom stereocenters. The van der Waals surface area contributed by atoms with Crippen LogP contribution < -0.4 is 10.5 Å². The summed E-state index contributed by atoms with van der Waals surface area (Å²) in [7, 11) is 0. The quantitative estimate of drug-likeness (QED) is 0.793. The van der Waals surface area contributed by atoms with Gasteiger partial charge in [0.25, 0.3) is 5.56 Å². The smallest absolute Gasteiger partial charge is 0.309 e. The average molecular weight is 295 g/mol. The highest BCUT2D eigenvalue weighted by Crippen LogP contribution is 2.22. The lowest BCUT2D eigenvalue weighted by atomic mass is 9.88. The summed E-state index contributed by atoms with van der Waals surface area (Å²) in [5, 5.41) is 13.2. The van der Waals surface area contributed by atoms with Crippen molar-refractivity contribution in [2.75, 3.05) is 18.0 Å². The van der Waals surface area contributed by atoms with Gasteiger partial charge in [0.1, 0.15) is 0 Å². The van der Waals surface area contributed by atoms with E-state index in [1.807, 2.05) is 13.8 Å². The molecule has 1 heterocycles. The Morgan fingerprint density at radius 3 is 2.48 bits per heavy atom. The number of aryl methyl sites for hydroxylation is 1. The number of hydrogen-bond donors (Lipinski definition) is 1. The molecule has 1 rings (SSSR count). The summed E-state index contributed by atoms with van der Waals surface area (Å²) >= 11 is 0. The van der Waals surface area contributed by atoms with Gasteiger partial charge < -0.3 is 10.0 Å². The van der Waals surface area contributed by atoms with Gasteiger partial charge in [-0.25, -0.2) is 4.68 Å². The van der Waals surface area contributed by atoms with E-state index in [-0.39, 0.29) is 5.56 Å². The van der Waals surface area contributed by atoms with Crippen molar-refractivity contribution in [3.05, 3.63) is 22.6 Å². The molecule has 0 aliphatic rings. The molecule has 0 aliphatic carbocycles. The van der Waals surface area contributed by atoms with Crippen LogP contribution in [0.1, 0.15) is 40.5 Å². The molecule has 0 saturated carbocycles. The number of anilines is 1. The molecule has 0 amide bonds. The van der Waals surface area contributed by atoms with Crippen LogP contribution in [0.15, 0.2) is 17.1 Å². The van der Waals surface area contributed by atoms with Crippen LogP contribution in [0.25, 0.3) is 0 Å². The summed E-state index contributed by atoms with van der Waals surface area (Å²) in [6.07, 6.45) is 2.81. The van der Waals surface area contributed by atoms with Gasteiger partial charge in [-0.1, -0.05) is 0 Å². The zero-order chi connectivity index (χ0) is 16.0. The molecule has 0 fully saturated rings. The summed E-state index contributed by atoms with van der Waals surface area (Å²) in [6.45, 7) is 9.53. The Hall–Kier alpha value is -1.85. The van der Waals surface area contributed by atoms with Crippen molar-refractivity contribution in [2.45, 2.75) is 47.1 Å². The first-order valence-electron chi connectivity index (χ1n) is 7.37. The van der Waals surface area contributed by atoms with E-state index in [4.69, 9.17) is 5.11 Å². The van der Waals surface area contributed by atoms with Crippen LogP contribution in [-0.2, 0) is 11.3 Å². The highest BCUT2D eigenvalue weighted by Gasteiger charge is 2.26. The van der Waals surface area contributed by atoms with E-state index in [9.17, 15) is 9.59 Å². The van der Waals surface area contributed by atoms with Crippen LogP contribution in [0.3, 0.4) is 0 Å². The lowest BCUT2D eigenvalue weighted by molar-refractivity contribution is -0.147. The molecular formula is C15H25N3O3.